The second-order valence-corrected chi connectivity index (χ2v) is 7.45. The minimum atomic E-state index is -0.714. The minimum absolute atomic E-state index is 0.157. The van der Waals surface area contributed by atoms with Gasteiger partial charge in [0.05, 0.1) is 6.10 Å². The largest absolute Gasteiger partial charge is 0.481 e. The molecule has 0 aromatic rings. The van der Waals surface area contributed by atoms with Crippen LogP contribution in [0.2, 0.25) is 0 Å². The van der Waals surface area contributed by atoms with E-state index in [9.17, 15) is 14.7 Å². The Kier molecular flexibility index (Phi) is 11.0. The number of aliphatic hydroxyl groups excluding tert-OH is 1. The average Bonchev–Trinajstić information content (AvgIpc) is 2.89. The molecule has 4 heteroatoms. The monoisotopic (exact) mass is 340 g/mol. The van der Waals surface area contributed by atoms with E-state index >= 15 is 0 Å². The molecule has 1 rings (SSSR count). The summed E-state index contributed by atoms with van der Waals surface area (Å²) in [7, 11) is 0. The van der Waals surface area contributed by atoms with Crippen molar-refractivity contribution in [2.45, 2.75) is 103 Å². The number of carbonyl (C=O) groups is 2. The van der Waals surface area contributed by atoms with Gasteiger partial charge in [-0.3, -0.25) is 9.59 Å². The van der Waals surface area contributed by atoms with Crippen LogP contribution in [0.4, 0.5) is 0 Å². The molecule has 0 amide bonds. The molecule has 0 radical (unpaired) electrons. The van der Waals surface area contributed by atoms with Gasteiger partial charge in [0.1, 0.15) is 5.78 Å². The molecule has 4 nitrogen and oxygen atoms in total. The Bertz CT molecular complexity index is 367. The van der Waals surface area contributed by atoms with Crippen LogP contribution in [-0.4, -0.2) is 28.1 Å². The summed E-state index contributed by atoms with van der Waals surface area (Å²) in [5.74, 6) is 0.324. The van der Waals surface area contributed by atoms with Gasteiger partial charge in [-0.05, 0) is 44.4 Å². The smallest absolute Gasteiger partial charge is 0.303 e. The van der Waals surface area contributed by atoms with Gasteiger partial charge in [-0.2, -0.15) is 0 Å². The number of carbonyl (C=O) groups excluding carboxylic acids is 1. The van der Waals surface area contributed by atoms with Crippen LogP contribution in [0.15, 0.2) is 0 Å². The standard InChI is InChI=1S/C20H36O4/c1-2-3-6-10-17(21)13-14-18-16(12-15-19(18)22)9-7-4-5-8-11-20(23)24/h16-18,21H,2-15H2,1H3,(H,23,24). The fraction of sp³-hybridized carbons (Fsp3) is 0.900. The maximum Gasteiger partial charge on any atom is 0.303 e. The number of hydrogen-bond donors (Lipinski definition) is 2. The minimum Gasteiger partial charge on any atom is -0.481 e. The zero-order chi connectivity index (χ0) is 17.8. The molecule has 0 heterocycles. The summed E-state index contributed by atoms with van der Waals surface area (Å²) in [6.45, 7) is 2.16. The Morgan fingerprint density at radius 1 is 1.08 bits per heavy atom. The van der Waals surface area contributed by atoms with Crippen molar-refractivity contribution in [2.75, 3.05) is 0 Å². The second-order valence-electron chi connectivity index (χ2n) is 7.45. The highest BCUT2D eigenvalue weighted by molar-refractivity contribution is 5.83. The van der Waals surface area contributed by atoms with Gasteiger partial charge >= 0.3 is 5.97 Å². The number of unbranched alkanes of at least 4 members (excludes halogenated alkanes) is 5. The molecule has 0 saturated heterocycles. The van der Waals surface area contributed by atoms with Crippen molar-refractivity contribution < 1.29 is 19.8 Å². The van der Waals surface area contributed by atoms with Crippen LogP contribution < -0.4 is 0 Å². The van der Waals surface area contributed by atoms with E-state index in [0.29, 0.717) is 18.1 Å². The molecule has 0 aliphatic heterocycles. The molecular weight excluding hydrogens is 304 g/mol. The van der Waals surface area contributed by atoms with Crippen LogP contribution in [0.25, 0.3) is 0 Å². The van der Waals surface area contributed by atoms with E-state index in [4.69, 9.17) is 5.11 Å². The molecule has 2 N–H and O–H groups in total. The van der Waals surface area contributed by atoms with Gasteiger partial charge in [-0.25, -0.2) is 0 Å². The van der Waals surface area contributed by atoms with E-state index < -0.39 is 5.97 Å². The van der Waals surface area contributed by atoms with Gasteiger partial charge in [0.25, 0.3) is 0 Å². The Balaban J connectivity index is 2.19. The number of carboxylic acid groups (broad SMARTS) is 1. The van der Waals surface area contributed by atoms with Crippen molar-refractivity contribution in [1.29, 1.82) is 0 Å². The molecule has 0 spiro atoms. The first-order valence-electron chi connectivity index (χ1n) is 9.97. The fourth-order valence-corrected chi connectivity index (χ4v) is 3.90. The van der Waals surface area contributed by atoms with Crippen molar-refractivity contribution in [3.05, 3.63) is 0 Å². The highest BCUT2D eigenvalue weighted by atomic mass is 16.4. The average molecular weight is 341 g/mol. The SMILES string of the molecule is CCCCCC(O)CCC1C(=O)CCC1CCCCCCC(=O)O. The summed E-state index contributed by atoms with van der Waals surface area (Å²) in [5, 5.41) is 18.7. The van der Waals surface area contributed by atoms with E-state index in [2.05, 4.69) is 6.92 Å². The van der Waals surface area contributed by atoms with Crippen LogP contribution in [0.1, 0.15) is 96.8 Å². The lowest BCUT2D eigenvalue weighted by molar-refractivity contribution is -0.137. The van der Waals surface area contributed by atoms with Crippen LogP contribution in [0, 0.1) is 11.8 Å². The number of aliphatic carboxylic acids is 1. The summed E-state index contributed by atoms with van der Waals surface area (Å²) in [4.78, 5) is 22.6. The highest BCUT2D eigenvalue weighted by Gasteiger charge is 2.33. The second kappa shape index (κ2) is 12.5. The van der Waals surface area contributed by atoms with Crippen molar-refractivity contribution in [3.8, 4) is 0 Å². The first-order valence-corrected chi connectivity index (χ1v) is 9.97. The third kappa shape index (κ3) is 8.81. The van der Waals surface area contributed by atoms with Gasteiger partial charge in [0.2, 0.25) is 0 Å². The quantitative estimate of drug-likeness (QED) is 0.448. The van der Waals surface area contributed by atoms with E-state index in [1.807, 2.05) is 0 Å². The van der Waals surface area contributed by atoms with Crippen molar-refractivity contribution >= 4 is 11.8 Å². The number of Topliss-reactive ketones (excluding diaryl/α,β-unsaturated/α-hetero) is 1. The van der Waals surface area contributed by atoms with Crippen molar-refractivity contribution in [3.63, 3.8) is 0 Å². The third-order valence-electron chi connectivity index (χ3n) is 5.41. The molecule has 24 heavy (non-hydrogen) atoms. The Hall–Kier alpha value is -0.900. The molecule has 3 atom stereocenters. The topological polar surface area (TPSA) is 74.6 Å². The van der Waals surface area contributed by atoms with E-state index in [1.165, 1.54) is 12.8 Å². The van der Waals surface area contributed by atoms with Crippen molar-refractivity contribution in [1.82, 2.24) is 0 Å². The van der Waals surface area contributed by atoms with E-state index in [1.54, 1.807) is 0 Å². The molecule has 140 valence electrons. The van der Waals surface area contributed by atoms with Gasteiger partial charge < -0.3 is 10.2 Å². The van der Waals surface area contributed by atoms with Gasteiger partial charge in [0.15, 0.2) is 0 Å². The molecule has 1 aliphatic carbocycles. The molecule has 1 aliphatic rings. The maximum absolute atomic E-state index is 12.1. The number of ketones is 1. The molecule has 0 aromatic carbocycles. The number of aliphatic hydroxyl groups is 1. The van der Waals surface area contributed by atoms with Crippen molar-refractivity contribution in [2.24, 2.45) is 11.8 Å². The maximum atomic E-state index is 12.1. The van der Waals surface area contributed by atoms with Gasteiger partial charge in [-0.1, -0.05) is 45.4 Å². The summed E-state index contributed by atoms with van der Waals surface area (Å²) in [5.41, 5.74) is 0. The fourth-order valence-electron chi connectivity index (χ4n) is 3.90. The normalized spacial score (nSPS) is 22.0. The molecule has 1 fully saturated rings. The predicted octanol–water partition coefficient (Wildman–Crippen LogP) is 4.73. The number of rotatable bonds is 14. The number of carboxylic acids is 1. The third-order valence-corrected chi connectivity index (χ3v) is 5.41. The lowest BCUT2D eigenvalue weighted by atomic mass is 9.86. The Morgan fingerprint density at radius 2 is 1.83 bits per heavy atom. The van der Waals surface area contributed by atoms with Crippen LogP contribution >= 0.6 is 0 Å². The molecule has 0 aromatic heterocycles. The number of hydrogen-bond acceptors (Lipinski definition) is 3. The highest BCUT2D eigenvalue weighted by Crippen LogP contribution is 2.36. The van der Waals surface area contributed by atoms with Crippen LogP contribution in [0.3, 0.4) is 0 Å². The van der Waals surface area contributed by atoms with E-state index in [0.717, 1.165) is 64.2 Å². The summed E-state index contributed by atoms with van der Waals surface area (Å²) in [6, 6.07) is 0. The lowest BCUT2D eigenvalue weighted by Gasteiger charge is -2.20. The molecular formula is C20H36O4. The molecule has 3 unspecified atom stereocenters. The van der Waals surface area contributed by atoms with Gasteiger partial charge in [0, 0.05) is 18.8 Å². The zero-order valence-corrected chi connectivity index (χ0v) is 15.3. The van der Waals surface area contributed by atoms with E-state index in [-0.39, 0.29) is 18.4 Å². The first-order chi connectivity index (χ1) is 11.5. The Labute approximate surface area is 147 Å². The summed E-state index contributed by atoms with van der Waals surface area (Å²) < 4.78 is 0. The lowest BCUT2D eigenvalue weighted by Crippen LogP contribution is -2.18. The first kappa shape index (κ1) is 21.1. The summed E-state index contributed by atoms with van der Waals surface area (Å²) >= 11 is 0. The van der Waals surface area contributed by atoms with Crippen LogP contribution in [0.5, 0.6) is 0 Å². The molecule has 1 saturated carbocycles. The Morgan fingerprint density at radius 3 is 2.54 bits per heavy atom. The zero-order valence-electron chi connectivity index (χ0n) is 15.3. The van der Waals surface area contributed by atoms with Crippen LogP contribution in [-0.2, 0) is 9.59 Å². The molecule has 0 bridgehead atoms. The van der Waals surface area contributed by atoms with Gasteiger partial charge in [-0.15, -0.1) is 0 Å². The summed E-state index contributed by atoms with van der Waals surface area (Å²) in [6.07, 6.45) is 12.6. The predicted molar refractivity (Wildman–Crippen MR) is 95.9 cm³/mol.